The Morgan fingerprint density at radius 1 is 1.03 bits per heavy atom. The third-order valence-electron chi connectivity index (χ3n) is 6.20. The van der Waals surface area contributed by atoms with E-state index in [2.05, 4.69) is 5.32 Å². The molecule has 0 aliphatic rings. The zero-order chi connectivity index (χ0) is 28.6. The van der Waals surface area contributed by atoms with E-state index in [1.165, 1.54) is 24.1 Å². The third-order valence-corrected chi connectivity index (χ3v) is 8.21. The third kappa shape index (κ3) is 7.52. The van der Waals surface area contributed by atoms with Crippen molar-refractivity contribution in [3.63, 3.8) is 0 Å². The molecular weight excluding hydrogens is 538 g/mol. The summed E-state index contributed by atoms with van der Waals surface area (Å²) in [6.07, 6.45) is 0.733. The Morgan fingerprint density at radius 2 is 1.72 bits per heavy atom. The number of aryl methyl sites for hydroxylation is 1. The standard InChI is InChI=1S/C29H34ClN3O5S/c1-5-17-31-29(35)22(3)32(19-23-9-8-10-24(30)18-23)28(34)20-33(26-11-6-7-12-27(26)38-4)39(36,37)25-15-13-21(2)14-16-25/h6-16,18,22H,5,17,19-20H2,1-4H3,(H,31,35)/t22-/m1/s1. The fourth-order valence-corrected chi connectivity index (χ4v) is 5.63. The van der Waals surface area contributed by atoms with Crippen molar-refractivity contribution in [3.05, 3.63) is 88.9 Å². The van der Waals surface area contributed by atoms with Crippen LogP contribution >= 0.6 is 11.6 Å². The van der Waals surface area contributed by atoms with Crippen molar-refractivity contribution in [2.45, 2.75) is 44.7 Å². The first-order valence-electron chi connectivity index (χ1n) is 12.6. The molecule has 0 bridgehead atoms. The molecule has 0 aliphatic heterocycles. The molecule has 0 spiro atoms. The molecule has 10 heteroatoms. The van der Waals surface area contributed by atoms with Crippen LogP contribution in [0.3, 0.4) is 0 Å². The van der Waals surface area contributed by atoms with Crippen molar-refractivity contribution in [2.24, 2.45) is 0 Å². The topological polar surface area (TPSA) is 96.0 Å². The van der Waals surface area contributed by atoms with Gasteiger partial charge in [-0.1, -0.05) is 60.5 Å². The summed E-state index contributed by atoms with van der Waals surface area (Å²) in [4.78, 5) is 28.3. The number of halogens is 1. The number of benzene rings is 3. The normalized spacial score (nSPS) is 11.9. The Hall–Kier alpha value is -3.56. The van der Waals surface area contributed by atoms with Crippen LogP contribution < -0.4 is 14.4 Å². The number of ether oxygens (including phenoxy) is 1. The average Bonchev–Trinajstić information content (AvgIpc) is 2.93. The van der Waals surface area contributed by atoms with Gasteiger partial charge in [0.15, 0.2) is 0 Å². The van der Waals surface area contributed by atoms with E-state index < -0.39 is 28.5 Å². The molecule has 1 N–H and O–H groups in total. The molecule has 3 aromatic carbocycles. The second kappa shape index (κ2) is 13.5. The quantitative estimate of drug-likeness (QED) is 0.337. The molecule has 0 heterocycles. The molecule has 3 rings (SSSR count). The van der Waals surface area contributed by atoms with Crippen LogP contribution in [0.1, 0.15) is 31.4 Å². The predicted molar refractivity (Wildman–Crippen MR) is 153 cm³/mol. The minimum absolute atomic E-state index is 0.0296. The van der Waals surface area contributed by atoms with Crippen LogP contribution in [0.4, 0.5) is 5.69 Å². The number of nitrogens with one attached hydrogen (secondary N) is 1. The minimum Gasteiger partial charge on any atom is -0.495 e. The van der Waals surface area contributed by atoms with E-state index in [0.717, 1.165) is 16.3 Å². The van der Waals surface area contributed by atoms with Crippen molar-refractivity contribution in [2.75, 3.05) is 24.5 Å². The van der Waals surface area contributed by atoms with E-state index in [1.54, 1.807) is 67.6 Å². The lowest BCUT2D eigenvalue weighted by Crippen LogP contribution is -2.51. The maximum Gasteiger partial charge on any atom is 0.264 e. The summed E-state index contributed by atoms with van der Waals surface area (Å²) in [5.41, 5.74) is 1.81. The maximum absolute atomic E-state index is 13.9. The molecule has 39 heavy (non-hydrogen) atoms. The molecule has 3 aromatic rings. The summed E-state index contributed by atoms with van der Waals surface area (Å²) in [7, 11) is -2.75. The van der Waals surface area contributed by atoms with E-state index in [4.69, 9.17) is 16.3 Å². The largest absolute Gasteiger partial charge is 0.495 e. The summed E-state index contributed by atoms with van der Waals surface area (Å²) >= 11 is 6.17. The first-order valence-corrected chi connectivity index (χ1v) is 14.4. The van der Waals surface area contributed by atoms with Gasteiger partial charge < -0.3 is 15.0 Å². The number of methoxy groups -OCH3 is 1. The van der Waals surface area contributed by atoms with Crippen molar-refractivity contribution in [1.82, 2.24) is 10.2 Å². The summed E-state index contributed by atoms with van der Waals surface area (Å²) in [6.45, 7) is 5.37. The SMILES string of the molecule is CCCNC(=O)[C@@H](C)N(Cc1cccc(Cl)c1)C(=O)CN(c1ccccc1OC)S(=O)(=O)c1ccc(C)cc1. The van der Waals surface area contributed by atoms with Crippen LogP contribution in [0.5, 0.6) is 5.75 Å². The maximum atomic E-state index is 13.9. The smallest absolute Gasteiger partial charge is 0.264 e. The Labute approximate surface area is 235 Å². The van der Waals surface area contributed by atoms with E-state index >= 15 is 0 Å². The van der Waals surface area contributed by atoms with Gasteiger partial charge >= 0.3 is 0 Å². The molecule has 8 nitrogen and oxygen atoms in total. The molecule has 208 valence electrons. The highest BCUT2D eigenvalue weighted by Crippen LogP contribution is 2.32. The molecule has 0 radical (unpaired) electrons. The van der Waals surface area contributed by atoms with Crippen LogP contribution in [0.25, 0.3) is 0 Å². The highest BCUT2D eigenvalue weighted by Gasteiger charge is 2.33. The highest BCUT2D eigenvalue weighted by molar-refractivity contribution is 7.92. The predicted octanol–water partition coefficient (Wildman–Crippen LogP) is 4.80. The van der Waals surface area contributed by atoms with Gasteiger partial charge in [0.25, 0.3) is 10.0 Å². The van der Waals surface area contributed by atoms with E-state index in [1.807, 2.05) is 13.8 Å². The van der Waals surface area contributed by atoms with Gasteiger partial charge in [0.05, 0.1) is 17.7 Å². The van der Waals surface area contributed by atoms with Gasteiger partial charge in [-0.15, -0.1) is 0 Å². The number of carbonyl (C=O) groups is 2. The number of para-hydroxylation sites is 2. The summed E-state index contributed by atoms with van der Waals surface area (Å²) in [5, 5.41) is 3.31. The van der Waals surface area contributed by atoms with Gasteiger partial charge in [-0.05, 0) is 62.2 Å². The number of rotatable bonds is 12. The summed E-state index contributed by atoms with van der Waals surface area (Å²) < 4.78 is 34.3. The van der Waals surface area contributed by atoms with Gasteiger partial charge in [0.2, 0.25) is 11.8 Å². The van der Waals surface area contributed by atoms with E-state index in [0.29, 0.717) is 17.1 Å². The van der Waals surface area contributed by atoms with Crippen LogP contribution in [0.2, 0.25) is 5.02 Å². The Kier molecular flexibility index (Phi) is 10.4. The van der Waals surface area contributed by atoms with Crippen LogP contribution in [-0.2, 0) is 26.2 Å². The summed E-state index contributed by atoms with van der Waals surface area (Å²) in [6, 6.07) is 19.1. The number of anilines is 1. The van der Waals surface area contributed by atoms with Gasteiger partial charge in [-0.25, -0.2) is 8.42 Å². The summed E-state index contributed by atoms with van der Waals surface area (Å²) in [5.74, 6) is -0.607. The Balaban J connectivity index is 2.06. The molecule has 1 atom stereocenters. The highest BCUT2D eigenvalue weighted by atomic mass is 35.5. The van der Waals surface area contributed by atoms with Gasteiger partial charge in [0, 0.05) is 18.1 Å². The van der Waals surface area contributed by atoms with Gasteiger partial charge in [0.1, 0.15) is 18.3 Å². The average molecular weight is 572 g/mol. The lowest BCUT2D eigenvalue weighted by Gasteiger charge is -2.32. The Bertz CT molecular complexity index is 1400. The van der Waals surface area contributed by atoms with E-state index in [-0.39, 0.29) is 28.8 Å². The molecule has 0 fully saturated rings. The number of sulfonamides is 1. The minimum atomic E-state index is -4.19. The number of hydrogen-bond donors (Lipinski definition) is 1. The van der Waals surface area contributed by atoms with Crippen molar-refractivity contribution < 1.29 is 22.7 Å². The van der Waals surface area contributed by atoms with Crippen molar-refractivity contribution >= 4 is 39.1 Å². The van der Waals surface area contributed by atoms with Crippen LogP contribution in [-0.4, -0.2) is 51.4 Å². The number of nitrogens with zero attached hydrogens (tertiary/aromatic N) is 2. The molecule has 0 saturated carbocycles. The monoisotopic (exact) mass is 571 g/mol. The second-order valence-electron chi connectivity index (χ2n) is 9.12. The van der Waals surface area contributed by atoms with Crippen molar-refractivity contribution in [1.29, 1.82) is 0 Å². The van der Waals surface area contributed by atoms with E-state index in [9.17, 15) is 18.0 Å². The van der Waals surface area contributed by atoms with Crippen LogP contribution in [0, 0.1) is 6.92 Å². The lowest BCUT2D eigenvalue weighted by atomic mass is 10.1. The van der Waals surface area contributed by atoms with Gasteiger partial charge in [-0.3, -0.25) is 13.9 Å². The number of carbonyl (C=O) groups excluding carboxylic acids is 2. The molecule has 0 unspecified atom stereocenters. The zero-order valence-corrected chi connectivity index (χ0v) is 24.1. The number of amides is 2. The molecule has 0 aliphatic carbocycles. The lowest BCUT2D eigenvalue weighted by molar-refractivity contribution is -0.139. The molecule has 0 saturated heterocycles. The first-order chi connectivity index (χ1) is 18.6. The second-order valence-corrected chi connectivity index (χ2v) is 11.4. The van der Waals surface area contributed by atoms with Crippen LogP contribution in [0.15, 0.2) is 77.7 Å². The fourth-order valence-electron chi connectivity index (χ4n) is 4.00. The molecular formula is C29H34ClN3O5S. The fraction of sp³-hybridized carbons (Fsp3) is 0.310. The molecule has 2 amide bonds. The first kappa shape index (κ1) is 30.0. The van der Waals surface area contributed by atoms with Crippen molar-refractivity contribution in [3.8, 4) is 5.75 Å². The number of hydrogen-bond acceptors (Lipinski definition) is 5. The Morgan fingerprint density at radius 3 is 2.36 bits per heavy atom. The zero-order valence-electron chi connectivity index (χ0n) is 22.6. The van der Waals surface area contributed by atoms with Gasteiger partial charge in [-0.2, -0.15) is 0 Å². The molecule has 0 aromatic heterocycles.